The quantitative estimate of drug-likeness (QED) is 0.386. The molecule has 0 radical (unpaired) electrons. The summed E-state index contributed by atoms with van der Waals surface area (Å²) in [6.45, 7) is 21.9. The molecule has 3 aliphatic rings. The second-order valence-electron chi connectivity index (χ2n) is 12.8. The third-order valence-electron chi connectivity index (χ3n) is 7.76. The number of ether oxygens (including phenoxy) is 1. The Labute approximate surface area is 190 Å². The van der Waals surface area contributed by atoms with E-state index in [4.69, 9.17) is 9.16 Å². The average molecular weight is 450 g/mol. The summed E-state index contributed by atoms with van der Waals surface area (Å²) in [6.07, 6.45) is 5.18. The van der Waals surface area contributed by atoms with Crippen LogP contribution in [0.25, 0.3) is 0 Å². The first-order valence-electron chi connectivity index (χ1n) is 11.9. The molecule has 6 heteroatoms. The van der Waals surface area contributed by atoms with E-state index >= 15 is 0 Å². The van der Waals surface area contributed by atoms with Crippen LogP contribution in [-0.2, 0) is 14.0 Å². The third-order valence-corrected chi connectivity index (χ3v) is 12.4. The van der Waals surface area contributed by atoms with Crippen molar-refractivity contribution >= 4 is 20.2 Å². The number of rotatable bonds is 3. The van der Waals surface area contributed by atoms with Gasteiger partial charge in [-0.2, -0.15) is 0 Å². The minimum absolute atomic E-state index is 0.119. The summed E-state index contributed by atoms with van der Waals surface area (Å²) in [4.78, 5) is 28.1. The average Bonchev–Trinajstić information content (AvgIpc) is 2.82. The van der Waals surface area contributed by atoms with Gasteiger partial charge in [-0.25, -0.2) is 4.79 Å². The van der Waals surface area contributed by atoms with E-state index in [0.29, 0.717) is 13.0 Å². The van der Waals surface area contributed by atoms with Gasteiger partial charge in [-0.1, -0.05) is 32.4 Å². The van der Waals surface area contributed by atoms with E-state index in [9.17, 15) is 9.59 Å². The van der Waals surface area contributed by atoms with Crippen LogP contribution in [-0.4, -0.2) is 48.4 Å². The van der Waals surface area contributed by atoms with E-state index in [0.717, 1.165) is 19.3 Å². The summed E-state index contributed by atoms with van der Waals surface area (Å²) in [5, 5.41) is 0.119. The summed E-state index contributed by atoms with van der Waals surface area (Å²) < 4.78 is 12.5. The lowest BCUT2D eigenvalue weighted by molar-refractivity contribution is -0.136. The van der Waals surface area contributed by atoms with Crippen molar-refractivity contribution in [2.75, 3.05) is 6.54 Å². The lowest BCUT2D eigenvalue weighted by Crippen LogP contribution is -2.68. The van der Waals surface area contributed by atoms with Crippen LogP contribution in [0.15, 0.2) is 11.6 Å². The van der Waals surface area contributed by atoms with Gasteiger partial charge in [-0.05, 0) is 72.0 Å². The summed E-state index contributed by atoms with van der Waals surface area (Å²) in [5.74, 6) is 0.299. The molecule has 0 aromatic carbocycles. The number of amides is 1. The maximum Gasteiger partial charge on any atom is 0.410 e. The van der Waals surface area contributed by atoms with Gasteiger partial charge in [0.05, 0.1) is 17.1 Å². The van der Waals surface area contributed by atoms with Crippen LogP contribution in [0.2, 0.25) is 18.1 Å². The zero-order valence-electron chi connectivity index (χ0n) is 21.3. The Morgan fingerprint density at radius 3 is 2.29 bits per heavy atom. The molecule has 0 aromatic heterocycles. The number of carbonyl (C=O) groups excluding carboxylic acids is 2. The minimum Gasteiger partial charge on any atom is -0.444 e. The van der Waals surface area contributed by atoms with Crippen LogP contribution in [0.5, 0.6) is 0 Å². The Morgan fingerprint density at radius 2 is 1.74 bits per heavy atom. The molecule has 1 saturated heterocycles. The number of nitrogens with zero attached hydrogens (tertiary/aromatic N) is 1. The summed E-state index contributed by atoms with van der Waals surface area (Å²) in [7, 11) is -1.96. The standard InChI is InChI=1S/C25H43NO4Si/c1-22(2,3)29-21(28)26-15-13-18-17(20-19(27)12-11-14-25(18,20)26)16-24(7,8)30-31(9,10)23(4,5)6/h16,18,20H,11-15H2,1-10H3/b17-16+/t18-,20+,25-/m1/s1. The van der Waals surface area contributed by atoms with Crippen molar-refractivity contribution < 1.29 is 18.8 Å². The Kier molecular flexibility index (Phi) is 5.88. The Morgan fingerprint density at radius 1 is 1.13 bits per heavy atom. The van der Waals surface area contributed by atoms with Gasteiger partial charge >= 0.3 is 6.09 Å². The zero-order chi connectivity index (χ0) is 23.6. The molecule has 3 fully saturated rings. The van der Waals surface area contributed by atoms with E-state index in [1.54, 1.807) is 0 Å². The zero-order valence-corrected chi connectivity index (χ0v) is 22.3. The highest BCUT2D eigenvalue weighted by Gasteiger charge is 2.69. The first-order valence-corrected chi connectivity index (χ1v) is 14.8. The molecule has 0 aromatic rings. The topological polar surface area (TPSA) is 55.8 Å². The van der Waals surface area contributed by atoms with Crippen molar-refractivity contribution in [2.45, 2.75) is 116 Å². The number of hydrogen-bond acceptors (Lipinski definition) is 4. The molecule has 5 nitrogen and oxygen atoms in total. The maximum atomic E-state index is 13.1. The molecule has 2 saturated carbocycles. The second kappa shape index (κ2) is 7.44. The van der Waals surface area contributed by atoms with Gasteiger partial charge in [0.15, 0.2) is 8.32 Å². The van der Waals surface area contributed by atoms with Crippen molar-refractivity contribution in [1.29, 1.82) is 0 Å². The lowest BCUT2D eigenvalue weighted by atomic mass is 9.49. The van der Waals surface area contributed by atoms with Gasteiger partial charge in [0, 0.05) is 18.9 Å². The molecule has 1 heterocycles. The van der Waals surface area contributed by atoms with Crippen LogP contribution < -0.4 is 0 Å². The first kappa shape index (κ1) is 24.5. The largest absolute Gasteiger partial charge is 0.444 e. The van der Waals surface area contributed by atoms with Crippen molar-refractivity contribution in [3.63, 3.8) is 0 Å². The van der Waals surface area contributed by atoms with Crippen molar-refractivity contribution in [2.24, 2.45) is 11.8 Å². The fourth-order valence-corrected chi connectivity index (χ4v) is 7.40. The van der Waals surface area contributed by atoms with Crippen LogP contribution in [0.3, 0.4) is 0 Å². The molecule has 0 N–H and O–H groups in total. The van der Waals surface area contributed by atoms with E-state index in [2.05, 4.69) is 53.8 Å². The van der Waals surface area contributed by atoms with Crippen molar-refractivity contribution in [1.82, 2.24) is 4.90 Å². The molecule has 176 valence electrons. The van der Waals surface area contributed by atoms with Crippen LogP contribution in [0, 0.1) is 11.8 Å². The molecule has 3 atom stereocenters. The van der Waals surface area contributed by atoms with Gasteiger partial charge in [-0.3, -0.25) is 4.79 Å². The first-order chi connectivity index (χ1) is 13.9. The fraction of sp³-hybridized carbons (Fsp3) is 0.840. The van der Waals surface area contributed by atoms with Gasteiger partial charge in [0.25, 0.3) is 0 Å². The Balaban J connectivity index is 1.92. The lowest BCUT2D eigenvalue weighted by Gasteiger charge is -2.59. The second-order valence-corrected chi connectivity index (χ2v) is 17.6. The SMILES string of the molecule is CC(C)(C)OC(=O)N1CC[C@@H]2/C(=C\C(C)(C)O[Si](C)(C)C(C)(C)C)[C@H]3C(=O)CCC[C@@]231. The predicted molar refractivity (Wildman–Crippen MR) is 127 cm³/mol. The Bertz CT molecular complexity index is 786. The van der Waals surface area contributed by atoms with Gasteiger partial charge < -0.3 is 14.1 Å². The van der Waals surface area contributed by atoms with E-state index in [-0.39, 0.29) is 28.8 Å². The fourth-order valence-electron chi connectivity index (χ4n) is 5.72. The smallest absolute Gasteiger partial charge is 0.410 e. The van der Waals surface area contributed by atoms with Gasteiger partial charge in [-0.15, -0.1) is 0 Å². The summed E-state index contributed by atoms with van der Waals surface area (Å²) in [6, 6.07) is 0. The predicted octanol–water partition coefficient (Wildman–Crippen LogP) is 6.09. The number of ketones is 1. The number of Topliss-reactive ketones (excluding diaryl/α,β-unsaturated/α-hetero) is 1. The number of likely N-dealkylation sites (tertiary alicyclic amines) is 1. The molecule has 1 aliphatic heterocycles. The molecule has 1 amide bonds. The molecule has 3 rings (SSSR count). The van der Waals surface area contributed by atoms with Crippen molar-refractivity contribution in [3.8, 4) is 0 Å². The monoisotopic (exact) mass is 449 g/mol. The van der Waals surface area contributed by atoms with Gasteiger partial charge in [0.1, 0.15) is 11.4 Å². The summed E-state index contributed by atoms with van der Waals surface area (Å²) >= 11 is 0. The molecule has 0 unspecified atom stereocenters. The molecule has 0 bridgehead atoms. The molecular formula is C25H43NO4Si. The highest BCUT2D eigenvalue weighted by Crippen LogP contribution is 2.63. The Hall–Kier alpha value is -1.14. The van der Waals surface area contributed by atoms with Crippen LogP contribution in [0.1, 0.15) is 81.1 Å². The normalized spacial score (nSPS) is 30.7. The van der Waals surface area contributed by atoms with E-state index in [1.807, 2.05) is 25.7 Å². The summed E-state index contributed by atoms with van der Waals surface area (Å²) in [5.41, 5.74) is -0.182. The minimum atomic E-state index is -1.96. The highest BCUT2D eigenvalue weighted by molar-refractivity contribution is 6.74. The molecule has 1 spiro atoms. The van der Waals surface area contributed by atoms with Crippen LogP contribution >= 0.6 is 0 Å². The maximum absolute atomic E-state index is 13.1. The van der Waals surface area contributed by atoms with Crippen molar-refractivity contribution in [3.05, 3.63) is 11.6 Å². The molecular weight excluding hydrogens is 406 g/mol. The third kappa shape index (κ3) is 4.27. The highest BCUT2D eigenvalue weighted by atomic mass is 28.4. The van der Waals surface area contributed by atoms with Gasteiger partial charge in [0.2, 0.25) is 0 Å². The molecule has 2 aliphatic carbocycles. The van der Waals surface area contributed by atoms with Crippen LogP contribution in [0.4, 0.5) is 4.79 Å². The van der Waals surface area contributed by atoms with E-state index in [1.165, 1.54) is 5.57 Å². The molecule has 31 heavy (non-hydrogen) atoms. The number of carbonyl (C=O) groups is 2. The van der Waals surface area contributed by atoms with E-state index < -0.39 is 25.1 Å². The number of hydrogen-bond donors (Lipinski definition) is 0.